The van der Waals surface area contributed by atoms with Crippen LogP contribution < -0.4 is 4.74 Å². The number of hydrogen-bond acceptors (Lipinski definition) is 3. The molecule has 5 nitrogen and oxygen atoms in total. The van der Waals surface area contributed by atoms with Crippen molar-refractivity contribution < 1.29 is 9.53 Å². The summed E-state index contributed by atoms with van der Waals surface area (Å²) >= 11 is 5.84. The maximum atomic E-state index is 12.6. The Kier molecular flexibility index (Phi) is 4.71. The van der Waals surface area contributed by atoms with Crippen molar-refractivity contribution in [1.29, 1.82) is 0 Å². The van der Waals surface area contributed by atoms with Crippen molar-refractivity contribution in [2.75, 3.05) is 20.2 Å². The van der Waals surface area contributed by atoms with Gasteiger partial charge in [-0.25, -0.2) is 0 Å². The van der Waals surface area contributed by atoms with Gasteiger partial charge in [-0.3, -0.25) is 9.89 Å². The van der Waals surface area contributed by atoms with Crippen LogP contribution in [0.1, 0.15) is 16.1 Å². The number of rotatable bonds is 5. The number of ether oxygens (including phenoxy) is 1. The van der Waals surface area contributed by atoms with Crippen LogP contribution in [-0.4, -0.2) is 41.2 Å². The van der Waals surface area contributed by atoms with Crippen molar-refractivity contribution in [1.82, 2.24) is 15.1 Å². The number of carbonyl (C=O) groups is 1. The first-order chi connectivity index (χ1) is 11.5. The zero-order chi connectivity index (χ0) is 17.1. The number of hydrogen-bond donors (Lipinski definition) is 1. The highest BCUT2D eigenvalue weighted by molar-refractivity contribution is 6.30. The number of H-pyrrole nitrogens is 1. The Morgan fingerprint density at radius 2 is 2.00 bits per heavy atom. The molecule has 0 atom stereocenters. The molecule has 1 amide bonds. The number of benzene rings is 2. The molecule has 0 spiro atoms. The summed E-state index contributed by atoms with van der Waals surface area (Å²) in [4.78, 5) is 14.2. The van der Waals surface area contributed by atoms with Crippen molar-refractivity contribution in [3.05, 3.63) is 58.7 Å². The van der Waals surface area contributed by atoms with Crippen LogP contribution in [0.3, 0.4) is 0 Å². The zero-order valence-corrected chi connectivity index (χ0v) is 14.3. The molecule has 0 radical (unpaired) electrons. The summed E-state index contributed by atoms with van der Waals surface area (Å²) in [6, 6.07) is 13.0. The second kappa shape index (κ2) is 6.93. The van der Waals surface area contributed by atoms with Gasteiger partial charge >= 0.3 is 0 Å². The fourth-order valence-corrected chi connectivity index (χ4v) is 2.53. The van der Waals surface area contributed by atoms with Gasteiger partial charge in [-0.2, -0.15) is 5.10 Å². The number of likely N-dealkylation sites (N-methyl/N-ethyl adjacent to an activating group) is 1. The topological polar surface area (TPSA) is 58.2 Å². The van der Waals surface area contributed by atoms with Gasteiger partial charge in [0.15, 0.2) is 5.69 Å². The van der Waals surface area contributed by atoms with Crippen molar-refractivity contribution in [2.45, 2.75) is 6.92 Å². The Balaban J connectivity index is 1.63. The van der Waals surface area contributed by atoms with Crippen LogP contribution in [0, 0.1) is 6.92 Å². The van der Waals surface area contributed by atoms with Gasteiger partial charge in [-0.1, -0.05) is 23.2 Å². The summed E-state index contributed by atoms with van der Waals surface area (Å²) in [5.74, 6) is 0.590. The van der Waals surface area contributed by atoms with E-state index in [0.29, 0.717) is 23.9 Å². The number of amides is 1. The van der Waals surface area contributed by atoms with Crippen molar-refractivity contribution >= 4 is 28.4 Å². The molecule has 1 N–H and O–H groups in total. The minimum Gasteiger partial charge on any atom is -0.492 e. The number of aryl methyl sites for hydroxylation is 1. The number of carbonyl (C=O) groups excluding carboxylic acids is 1. The molecule has 0 aliphatic carbocycles. The third-order valence-corrected chi connectivity index (χ3v) is 4.03. The first kappa shape index (κ1) is 16.3. The number of nitrogens with one attached hydrogen (secondary N) is 1. The standard InChI is InChI=1S/C18H18ClN3O2/c1-12-3-8-16-15(11-12)17(21-20-16)18(23)22(2)9-10-24-14-6-4-13(19)5-7-14/h3-8,11H,9-10H2,1-2H3,(H,20,21). The highest BCUT2D eigenvalue weighted by Gasteiger charge is 2.18. The molecule has 0 fully saturated rings. The minimum atomic E-state index is -0.133. The number of aromatic amines is 1. The van der Waals surface area contributed by atoms with Gasteiger partial charge in [0.25, 0.3) is 5.91 Å². The normalized spacial score (nSPS) is 10.8. The summed E-state index contributed by atoms with van der Waals surface area (Å²) < 4.78 is 5.63. The fraction of sp³-hybridized carbons (Fsp3) is 0.222. The summed E-state index contributed by atoms with van der Waals surface area (Å²) in [7, 11) is 1.74. The maximum Gasteiger partial charge on any atom is 0.274 e. The lowest BCUT2D eigenvalue weighted by molar-refractivity contribution is 0.0770. The van der Waals surface area contributed by atoms with E-state index in [2.05, 4.69) is 10.2 Å². The molecule has 24 heavy (non-hydrogen) atoms. The molecule has 0 aliphatic rings. The predicted octanol–water partition coefficient (Wildman–Crippen LogP) is 3.68. The Bertz CT molecular complexity index is 858. The van der Waals surface area contributed by atoms with Crippen LogP contribution in [-0.2, 0) is 0 Å². The van der Waals surface area contributed by atoms with E-state index in [1.807, 2.05) is 25.1 Å². The van der Waals surface area contributed by atoms with Crippen LogP contribution in [0.2, 0.25) is 5.02 Å². The van der Waals surface area contributed by atoms with E-state index in [4.69, 9.17) is 16.3 Å². The van der Waals surface area contributed by atoms with Gasteiger partial charge < -0.3 is 9.64 Å². The fourth-order valence-electron chi connectivity index (χ4n) is 2.40. The molecule has 1 heterocycles. The lowest BCUT2D eigenvalue weighted by Crippen LogP contribution is -2.31. The molecule has 3 rings (SSSR count). The lowest BCUT2D eigenvalue weighted by Gasteiger charge is -2.16. The van der Waals surface area contributed by atoms with Gasteiger partial charge in [0.05, 0.1) is 12.1 Å². The largest absolute Gasteiger partial charge is 0.492 e. The number of nitrogens with zero attached hydrogens (tertiary/aromatic N) is 2. The molecule has 1 aromatic heterocycles. The van der Waals surface area contributed by atoms with Crippen LogP contribution in [0.25, 0.3) is 10.9 Å². The van der Waals surface area contributed by atoms with Gasteiger partial charge in [0.2, 0.25) is 0 Å². The third kappa shape index (κ3) is 3.51. The van der Waals surface area contributed by atoms with Crippen molar-refractivity contribution in [3.63, 3.8) is 0 Å². The van der Waals surface area contributed by atoms with E-state index in [9.17, 15) is 4.79 Å². The Morgan fingerprint density at radius 1 is 1.25 bits per heavy atom. The predicted molar refractivity (Wildman–Crippen MR) is 94.7 cm³/mol. The summed E-state index contributed by atoms with van der Waals surface area (Å²) in [6.45, 7) is 2.84. The molecule has 0 bridgehead atoms. The van der Waals surface area contributed by atoms with Crippen LogP contribution in [0.5, 0.6) is 5.75 Å². The molecular weight excluding hydrogens is 326 g/mol. The summed E-state index contributed by atoms with van der Waals surface area (Å²) in [6.07, 6.45) is 0. The number of fused-ring (bicyclic) bond motifs is 1. The molecule has 0 saturated heterocycles. The SMILES string of the molecule is Cc1ccc2[nH]nc(C(=O)N(C)CCOc3ccc(Cl)cc3)c2c1. The number of aromatic nitrogens is 2. The Morgan fingerprint density at radius 3 is 2.75 bits per heavy atom. The second-order valence-electron chi connectivity index (χ2n) is 5.65. The molecule has 2 aromatic carbocycles. The Hall–Kier alpha value is -2.53. The minimum absolute atomic E-state index is 0.133. The zero-order valence-electron chi connectivity index (χ0n) is 13.5. The third-order valence-electron chi connectivity index (χ3n) is 3.78. The average molecular weight is 344 g/mol. The number of halogens is 1. The van der Waals surface area contributed by atoms with Gasteiger partial charge in [0, 0.05) is 17.5 Å². The van der Waals surface area contributed by atoms with Crippen LogP contribution >= 0.6 is 11.6 Å². The molecule has 124 valence electrons. The van der Waals surface area contributed by atoms with E-state index in [0.717, 1.165) is 22.2 Å². The first-order valence-electron chi connectivity index (χ1n) is 7.63. The van der Waals surface area contributed by atoms with E-state index < -0.39 is 0 Å². The quantitative estimate of drug-likeness (QED) is 0.768. The van der Waals surface area contributed by atoms with Crippen molar-refractivity contribution in [3.8, 4) is 5.75 Å². The first-order valence-corrected chi connectivity index (χ1v) is 8.01. The van der Waals surface area contributed by atoms with E-state index in [1.54, 1.807) is 36.2 Å². The molecule has 3 aromatic rings. The van der Waals surface area contributed by atoms with Gasteiger partial charge in [0.1, 0.15) is 12.4 Å². The lowest BCUT2D eigenvalue weighted by atomic mass is 10.1. The molecular formula is C18H18ClN3O2. The van der Waals surface area contributed by atoms with Gasteiger partial charge in [-0.05, 0) is 43.3 Å². The van der Waals surface area contributed by atoms with E-state index >= 15 is 0 Å². The highest BCUT2D eigenvalue weighted by atomic mass is 35.5. The van der Waals surface area contributed by atoms with Crippen LogP contribution in [0.4, 0.5) is 0 Å². The van der Waals surface area contributed by atoms with E-state index in [-0.39, 0.29) is 5.91 Å². The highest BCUT2D eigenvalue weighted by Crippen LogP contribution is 2.19. The van der Waals surface area contributed by atoms with Gasteiger partial charge in [-0.15, -0.1) is 0 Å². The second-order valence-corrected chi connectivity index (χ2v) is 6.09. The summed E-state index contributed by atoms with van der Waals surface area (Å²) in [5, 5.41) is 8.56. The molecule has 0 aliphatic heterocycles. The molecule has 6 heteroatoms. The van der Waals surface area contributed by atoms with E-state index in [1.165, 1.54) is 0 Å². The van der Waals surface area contributed by atoms with Crippen molar-refractivity contribution in [2.24, 2.45) is 0 Å². The smallest absolute Gasteiger partial charge is 0.274 e. The average Bonchev–Trinajstić information content (AvgIpc) is 2.98. The monoisotopic (exact) mass is 343 g/mol. The molecule has 0 saturated carbocycles. The van der Waals surface area contributed by atoms with Crippen LogP contribution in [0.15, 0.2) is 42.5 Å². The Labute approximate surface area is 145 Å². The molecule has 0 unspecified atom stereocenters. The summed E-state index contributed by atoms with van der Waals surface area (Å²) in [5.41, 5.74) is 2.38. The maximum absolute atomic E-state index is 12.6.